The van der Waals surface area contributed by atoms with Crippen molar-refractivity contribution in [3.63, 3.8) is 0 Å². The summed E-state index contributed by atoms with van der Waals surface area (Å²) in [5.41, 5.74) is 0.570. The van der Waals surface area contributed by atoms with Crippen LogP contribution >= 0.6 is 0 Å². The van der Waals surface area contributed by atoms with E-state index >= 15 is 0 Å². The Morgan fingerprint density at radius 2 is 1.74 bits per heavy atom. The van der Waals surface area contributed by atoms with Crippen molar-refractivity contribution in [1.29, 1.82) is 0 Å². The van der Waals surface area contributed by atoms with Crippen molar-refractivity contribution < 1.29 is 24.2 Å². The maximum absolute atomic E-state index is 12.1. The summed E-state index contributed by atoms with van der Waals surface area (Å²) >= 11 is 0. The predicted molar refractivity (Wildman–Crippen MR) is 84.9 cm³/mol. The summed E-state index contributed by atoms with van der Waals surface area (Å²) in [6, 6.07) is 8.78. The van der Waals surface area contributed by atoms with Gasteiger partial charge >= 0.3 is 5.97 Å². The van der Waals surface area contributed by atoms with Gasteiger partial charge in [0.25, 0.3) is 0 Å². The molecule has 0 heterocycles. The monoisotopic (exact) mass is 321 g/mol. The largest absolute Gasteiger partial charge is 0.466 e. The van der Waals surface area contributed by atoms with Crippen molar-refractivity contribution >= 4 is 17.7 Å². The summed E-state index contributed by atoms with van der Waals surface area (Å²) in [4.78, 5) is 36.9. The van der Waals surface area contributed by atoms with E-state index in [0.717, 1.165) is 0 Å². The lowest BCUT2D eigenvalue weighted by Gasteiger charge is -2.21. The second kappa shape index (κ2) is 10.5. The molecule has 1 amide bonds. The van der Waals surface area contributed by atoms with Gasteiger partial charge in [0.2, 0.25) is 5.91 Å². The third-order valence-corrected chi connectivity index (χ3v) is 3.28. The van der Waals surface area contributed by atoms with E-state index < -0.39 is 0 Å². The fraction of sp³-hybridized carbons (Fsp3) is 0.471. The SMILES string of the molecule is CCOC(=O)CCN(CCO)C(=O)CCC(=O)c1ccccc1. The number of aliphatic hydroxyl groups is 1. The van der Waals surface area contributed by atoms with E-state index in [0.29, 0.717) is 12.2 Å². The highest BCUT2D eigenvalue weighted by atomic mass is 16.5. The Labute approximate surface area is 136 Å². The molecule has 1 N–H and O–H groups in total. The number of aliphatic hydroxyl groups excluding tert-OH is 1. The van der Waals surface area contributed by atoms with E-state index in [1.165, 1.54) is 4.90 Å². The van der Waals surface area contributed by atoms with Gasteiger partial charge in [-0.2, -0.15) is 0 Å². The number of amides is 1. The summed E-state index contributed by atoms with van der Waals surface area (Å²) in [7, 11) is 0. The number of ether oxygens (including phenoxy) is 1. The topological polar surface area (TPSA) is 83.9 Å². The lowest BCUT2D eigenvalue weighted by Crippen LogP contribution is -2.35. The normalized spacial score (nSPS) is 10.2. The number of carbonyl (C=O) groups excluding carboxylic acids is 3. The molecule has 0 saturated heterocycles. The van der Waals surface area contributed by atoms with Crippen LogP contribution in [-0.4, -0.2) is 54.0 Å². The number of rotatable bonds is 10. The van der Waals surface area contributed by atoms with Crippen LogP contribution < -0.4 is 0 Å². The minimum Gasteiger partial charge on any atom is -0.466 e. The zero-order valence-electron chi connectivity index (χ0n) is 13.4. The summed E-state index contributed by atoms with van der Waals surface area (Å²) in [5.74, 6) is -0.746. The van der Waals surface area contributed by atoms with Gasteiger partial charge in [-0.25, -0.2) is 0 Å². The second-order valence-corrected chi connectivity index (χ2v) is 4.95. The van der Waals surface area contributed by atoms with Crippen LogP contribution in [0, 0.1) is 0 Å². The first-order valence-electron chi connectivity index (χ1n) is 7.71. The average molecular weight is 321 g/mol. The van der Waals surface area contributed by atoms with Crippen LogP contribution in [0.5, 0.6) is 0 Å². The van der Waals surface area contributed by atoms with E-state index in [1.54, 1.807) is 31.2 Å². The molecule has 6 heteroatoms. The Morgan fingerprint density at radius 3 is 2.35 bits per heavy atom. The van der Waals surface area contributed by atoms with Crippen LogP contribution in [0.15, 0.2) is 30.3 Å². The minimum absolute atomic E-state index is 0.0521. The Hall–Kier alpha value is -2.21. The van der Waals surface area contributed by atoms with Crippen molar-refractivity contribution in [1.82, 2.24) is 4.90 Å². The molecule has 1 aromatic rings. The van der Waals surface area contributed by atoms with Crippen LogP contribution in [-0.2, 0) is 14.3 Å². The molecule has 0 spiro atoms. The molecular formula is C17H23NO5. The highest BCUT2D eigenvalue weighted by molar-refractivity contribution is 5.97. The third kappa shape index (κ3) is 7.06. The highest BCUT2D eigenvalue weighted by Gasteiger charge is 2.16. The first-order chi connectivity index (χ1) is 11.1. The zero-order chi connectivity index (χ0) is 17.1. The summed E-state index contributed by atoms with van der Waals surface area (Å²) < 4.78 is 4.81. The number of esters is 1. The second-order valence-electron chi connectivity index (χ2n) is 4.95. The number of hydrogen-bond acceptors (Lipinski definition) is 5. The smallest absolute Gasteiger partial charge is 0.307 e. The Morgan fingerprint density at radius 1 is 1.04 bits per heavy atom. The fourth-order valence-electron chi connectivity index (χ4n) is 2.09. The molecule has 0 radical (unpaired) electrons. The molecule has 0 aliphatic heterocycles. The van der Waals surface area contributed by atoms with E-state index in [1.807, 2.05) is 6.07 Å². The lowest BCUT2D eigenvalue weighted by atomic mass is 10.1. The van der Waals surface area contributed by atoms with Crippen molar-refractivity contribution in [2.45, 2.75) is 26.2 Å². The van der Waals surface area contributed by atoms with Crippen molar-refractivity contribution in [3.8, 4) is 0 Å². The maximum atomic E-state index is 12.1. The predicted octanol–water partition coefficient (Wildman–Crippen LogP) is 1.42. The molecular weight excluding hydrogens is 298 g/mol. The molecule has 0 unspecified atom stereocenters. The summed E-state index contributed by atoms with van der Waals surface area (Å²) in [6.45, 7) is 2.12. The molecule has 0 aliphatic carbocycles. The molecule has 0 saturated carbocycles. The van der Waals surface area contributed by atoms with Gasteiger partial charge in [0.1, 0.15) is 0 Å². The number of hydrogen-bond donors (Lipinski definition) is 1. The Balaban J connectivity index is 2.47. The standard InChI is InChI=1S/C17H23NO5/c1-2-23-17(22)10-11-18(12-13-19)16(21)9-8-15(20)14-6-4-3-5-7-14/h3-7,19H,2,8-13H2,1H3. The third-order valence-electron chi connectivity index (χ3n) is 3.28. The first kappa shape index (κ1) is 18.8. The van der Waals surface area contributed by atoms with Crippen molar-refractivity contribution in [2.75, 3.05) is 26.3 Å². The molecule has 1 aromatic carbocycles. The Bertz CT molecular complexity index is 515. The Kier molecular flexibility index (Phi) is 8.60. The quantitative estimate of drug-likeness (QED) is 0.520. The van der Waals surface area contributed by atoms with Gasteiger partial charge in [-0.05, 0) is 6.92 Å². The van der Waals surface area contributed by atoms with E-state index in [-0.39, 0.29) is 56.6 Å². The van der Waals surface area contributed by atoms with E-state index in [4.69, 9.17) is 9.84 Å². The van der Waals surface area contributed by atoms with Crippen LogP contribution in [0.2, 0.25) is 0 Å². The lowest BCUT2D eigenvalue weighted by molar-refractivity contribution is -0.144. The molecule has 6 nitrogen and oxygen atoms in total. The molecule has 126 valence electrons. The van der Waals surface area contributed by atoms with Gasteiger partial charge in [0.05, 0.1) is 19.6 Å². The van der Waals surface area contributed by atoms with Crippen LogP contribution in [0.25, 0.3) is 0 Å². The minimum atomic E-state index is -0.386. The summed E-state index contributed by atoms with van der Waals surface area (Å²) in [6.07, 6.45) is 0.229. The average Bonchev–Trinajstić information content (AvgIpc) is 2.57. The maximum Gasteiger partial charge on any atom is 0.307 e. The van der Waals surface area contributed by atoms with Crippen LogP contribution in [0.1, 0.15) is 36.5 Å². The van der Waals surface area contributed by atoms with Gasteiger partial charge in [-0.1, -0.05) is 30.3 Å². The number of nitrogens with zero attached hydrogens (tertiary/aromatic N) is 1. The molecule has 1 rings (SSSR count). The van der Waals surface area contributed by atoms with Gasteiger partial charge in [-0.3, -0.25) is 14.4 Å². The zero-order valence-corrected chi connectivity index (χ0v) is 13.4. The summed E-state index contributed by atoms with van der Waals surface area (Å²) in [5, 5.41) is 9.03. The number of benzene rings is 1. The van der Waals surface area contributed by atoms with Crippen molar-refractivity contribution in [3.05, 3.63) is 35.9 Å². The number of ketones is 1. The molecule has 0 atom stereocenters. The number of Topliss-reactive ketones (excluding diaryl/α,β-unsaturated/α-hetero) is 1. The first-order valence-corrected chi connectivity index (χ1v) is 7.71. The molecule has 0 fully saturated rings. The molecule has 0 bridgehead atoms. The van der Waals surface area contributed by atoms with E-state index in [9.17, 15) is 14.4 Å². The van der Waals surface area contributed by atoms with E-state index in [2.05, 4.69) is 0 Å². The van der Waals surface area contributed by atoms with Crippen LogP contribution in [0.4, 0.5) is 0 Å². The fourth-order valence-corrected chi connectivity index (χ4v) is 2.09. The molecule has 0 aromatic heterocycles. The van der Waals surface area contributed by atoms with Gasteiger partial charge in [-0.15, -0.1) is 0 Å². The molecule has 23 heavy (non-hydrogen) atoms. The molecule has 0 aliphatic rings. The highest BCUT2D eigenvalue weighted by Crippen LogP contribution is 2.07. The van der Waals surface area contributed by atoms with Gasteiger partial charge in [0.15, 0.2) is 5.78 Å². The van der Waals surface area contributed by atoms with Crippen LogP contribution in [0.3, 0.4) is 0 Å². The van der Waals surface area contributed by atoms with Crippen molar-refractivity contribution in [2.24, 2.45) is 0 Å². The number of carbonyl (C=O) groups is 3. The van der Waals surface area contributed by atoms with Gasteiger partial charge < -0.3 is 14.7 Å². The van der Waals surface area contributed by atoms with Gasteiger partial charge in [0, 0.05) is 31.5 Å².